The Morgan fingerprint density at radius 2 is 1.96 bits per heavy atom. The fraction of sp³-hybridized carbons (Fsp3) is 0.263. The lowest BCUT2D eigenvalue weighted by Crippen LogP contribution is -2.30. The van der Waals surface area contributed by atoms with Crippen molar-refractivity contribution < 1.29 is 27.5 Å². The summed E-state index contributed by atoms with van der Waals surface area (Å²) < 4.78 is 43.8. The number of halogens is 3. The van der Waals surface area contributed by atoms with Gasteiger partial charge in [0.25, 0.3) is 0 Å². The molecule has 1 saturated heterocycles. The van der Waals surface area contributed by atoms with E-state index >= 15 is 0 Å². The molecule has 0 aromatic heterocycles. The maximum Gasteiger partial charge on any atom is 0.416 e. The number of carbonyl (C=O) groups excluding carboxylic acids is 2. The number of alkyl halides is 3. The number of nitrogens with one attached hydrogen (secondary N) is 2. The van der Waals surface area contributed by atoms with Gasteiger partial charge in [-0.05, 0) is 36.8 Å². The Bertz CT molecular complexity index is 852. The summed E-state index contributed by atoms with van der Waals surface area (Å²) in [6, 6.07) is 10.9. The first kappa shape index (κ1) is 18.8. The summed E-state index contributed by atoms with van der Waals surface area (Å²) in [5, 5.41) is 5.53. The molecule has 8 heteroatoms. The molecule has 1 atom stereocenters. The van der Waals surface area contributed by atoms with Crippen LogP contribution in [0.15, 0.2) is 48.5 Å². The first-order valence-corrected chi connectivity index (χ1v) is 8.33. The Hall–Kier alpha value is -3.03. The number of amides is 1. The number of hydrogen-bond acceptors (Lipinski definition) is 4. The molecule has 142 valence electrons. The highest BCUT2D eigenvalue weighted by Crippen LogP contribution is 2.32. The van der Waals surface area contributed by atoms with E-state index in [1.165, 1.54) is 18.2 Å². The Labute approximate surface area is 153 Å². The van der Waals surface area contributed by atoms with Crippen molar-refractivity contribution in [3.05, 3.63) is 59.7 Å². The summed E-state index contributed by atoms with van der Waals surface area (Å²) in [5.41, 5.74) is -0.0609. The predicted molar refractivity (Wildman–Crippen MR) is 92.6 cm³/mol. The number of ether oxygens (including phenoxy) is 1. The van der Waals surface area contributed by atoms with Gasteiger partial charge in [-0.1, -0.05) is 18.2 Å². The molecular weight excluding hydrogens is 361 g/mol. The van der Waals surface area contributed by atoms with Crippen molar-refractivity contribution in [1.29, 1.82) is 0 Å². The summed E-state index contributed by atoms with van der Waals surface area (Å²) in [6.07, 6.45) is -3.46. The third kappa shape index (κ3) is 4.78. The van der Waals surface area contributed by atoms with E-state index in [0.29, 0.717) is 18.5 Å². The minimum absolute atomic E-state index is 0.0441. The monoisotopic (exact) mass is 378 g/mol. The summed E-state index contributed by atoms with van der Waals surface area (Å²) in [4.78, 5) is 23.5. The largest absolute Gasteiger partial charge is 0.460 e. The molecule has 0 saturated carbocycles. The second-order valence-electron chi connectivity index (χ2n) is 6.15. The minimum Gasteiger partial charge on any atom is -0.460 e. The van der Waals surface area contributed by atoms with Crippen LogP contribution in [-0.4, -0.2) is 24.5 Å². The molecule has 1 heterocycles. The number of esters is 1. The number of hydrogen-bond donors (Lipinski definition) is 2. The number of rotatable bonds is 5. The lowest BCUT2D eigenvalue weighted by Gasteiger charge is -2.15. The van der Waals surface area contributed by atoms with E-state index in [1.54, 1.807) is 18.2 Å². The van der Waals surface area contributed by atoms with Gasteiger partial charge in [-0.2, -0.15) is 13.2 Å². The molecule has 1 unspecified atom stereocenters. The Balaban J connectivity index is 1.72. The van der Waals surface area contributed by atoms with E-state index in [-0.39, 0.29) is 29.8 Å². The topological polar surface area (TPSA) is 67.4 Å². The molecule has 1 aliphatic heterocycles. The Morgan fingerprint density at radius 1 is 1.19 bits per heavy atom. The minimum atomic E-state index is -4.46. The predicted octanol–water partition coefficient (Wildman–Crippen LogP) is 3.88. The molecule has 0 radical (unpaired) electrons. The van der Waals surface area contributed by atoms with Gasteiger partial charge in [-0.25, -0.2) is 4.79 Å². The molecule has 0 bridgehead atoms. The van der Waals surface area contributed by atoms with E-state index in [9.17, 15) is 22.8 Å². The fourth-order valence-electron chi connectivity index (χ4n) is 2.76. The van der Waals surface area contributed by atoms with Crippen molar-refractivity contribution in [3.8, 4) is 0 Å². The zero-order chi connectivity index (χ0) is 19.4. The van der Waals surface area contributed by atoms with Crippen molar-refractivity contribution in [2.45, 2.75) is 25.1 Å². The van der Waals surface area contributed by atoms with Crippen LogP contribution >= 0.6 is 0 Å². The third-order valence-electron chi connectivity index (χ3n) is 4.12. The Kier molecular flexibility index (Phi) is 5.34. The Morgan fingerprint density at radius 3 is 2.67 bits per heavy atom. The van der Waals surface area contributed by atoms with Crippen LogP contribution in [0.2, 0.25) is 0 Å². The van der Waals surface area contributed by atoms with Gasteiger partial charge in [-0.15, -0.1) is 0 Å². The second kappa shape index (κ2) is 7.69. The van der Waals surface area contributed by atoms with Crippen LogP contribution in [0, 0.1) is 0 Å². The highest BCUT2D eigenvalue weighted by Gasteiger charge is 2.30. The van der Waals surface area contributed by atoms with Gasteiger partial charge in [0.2, 0.25) is 5.91 Å². The van der Waals surface area contributed by atoms with Gasteiger partial charge in [-0.3, -0.25) is 4.79 Å². The quantitative estimate of drug-likeness (QED) is 0.775. The summed E-state index contributed by atoms with van der Waals surface area (Å²) in [5.74, 6) is -0.700. The van der Waals surface area contributed by atoms with E-state index < -0.39 is 17.7 Å². The molecule has 3 rings (SSSR count). The van der Waals surface area contributed by atoms with Gasteiger partial charge < -0.3 is 15.4 Å². The molecule has 2 aromatic rings. The van der Waals surface area contributed by atoms with Crippen LogP contribution in [0.25, 0.3) is 0 Å². The summed E-state index contributed by atoms with van der Waals surface area (Å²) in [7, 11) is 0. The van der Waals surface area contributed by atoms with Crippen molar-refractivity contribution in [2.75, 3.05) is 11.9 Å². The average Bonchev–Trinajstić information content (AvgIpc) is 3.05. The smallest absolute Gasteiger partial charge is 0.416 e. The number of benzene rings is 2. The number of anilines is 2. The third-order valence-corrected chi connectivity index (χ3v) is 4.12. The standard InChI is InChI=1S/C19H17F3N2O3/c20-19(21,22)12-4-3-5-13(10-12)23-16-7-2-1-6-15(16)18(26)27-11-14-8-9-17(25)24-14/h1-7,10,14,23H,8-9,11H2,(H,24,25). The van der Waals surface area contributed by atoms with Crippen molar-refractivity contribution in [2.24, 2.45) is 0 Å². The first-order valence-electron chi connectivity index (χ1n) is 8.33. The van der Waals surface area contributed by atoms with Crippen LogP contribution in [0.3, 0.4) is 0 Å². The van der Waals surface area contributed by atoms with Gasteiger partial charge in [0.1, 0.15) is 6.61 Å². The summed E-state index contributed by atoms with van der Waals surface area (Å²) >= 11 is 0. The van der Waals surface area contributed by atoms with Gasteiger partial charge >= 0.3 is 12.1 Å². The van der Waals surface area contributed by atoms with Gasteiger partial charge in [0, 0.05) is 12.1 Å². The SMILES string of the molecule is O=C1CCC(COC(=O)c2ccccc2Nc2cccc(C(F)(F)F)c2)N1. The fourth-order valence-corrected chi connectivity index (χ4v) is 2.76. The zero-order valence-electron chi connectivity index (χ0n) is 14.2. The van der Waals surface area contributed by atoms with E-state index in [0.717, 1.165) is 12.1 Å². The lowest BCUT2D eigenvalue weighted by molar-refractivity contribution is -0.137. The second-order valence-corrected chi connectivity index (χ2v) is 6.15. The average molecular weight is 378 g/mol. The molecule has 2 aromatic carbocycles. The molecule has 27 heavy (non-hydrogen) atoms. The lowest BCUT2D eigenvalue weighted by atomic mass is 10.1. The number of para-hydroxylation sites is 1. The zero-order valence-corrected chi connectivity index (χ0v) is 14.2. The molecule has 0 aliphatic carbocycles. The highest BCUT2D eigenvalue weighted by atomic mass is 19.4. The summed E-state index contributed by atoms with van der Waals surface area (Å²) in [6.45, 7) is 0.0441. The van der Waals surface area contributed by atoms with Crippen molar-refractivity contribution >= 4 is 23.3 Å². The molecule has 1 aliphatic rings. The van der Waals surface area contributed by atoms with E-state index in [4.69, 9.17) is 4.74 Å². The van der Waals surface area contributed by atoms with Crippen molar-refractivity contribution in [3.63, 3.8) is 0 Å². The first-order chi connectivity index (χ1) is 12.8. The molecule has 0 spiro atoms. The van der Waals surface area contributed by atoms with Gasteiger partial charge in [0.05, 0.1) is 22.9 Å². The highest BCUT2D eigenvalue weighted by molar-refractivity contribution is 5.96. The molecule has 1 fully saturated rings. The van der Waals surface area contributed by atoms with Gasteiger partial charge in [0.15, 0.2) is 0 Å². The molecule has 5 nitrogen and oxygen atoms in total. The van der Waals surface area contributed by atoms with Crippen LogP contribution in [-0.2, 0) is 15.7 Å². The van der Waals surface area contributed by atoms with E-state index in [2.05, 4.69) is 10.6 Å². The van der Waals surface area contributed by atoms with Crippen LogP contribution in [0.5, 0.6) is 0 Å². The molecular formula is C19H17F3N2O3. The number of carbonyl (C=O) groups is 2. The van der Waals surface area contributed by atoms with Crippen molar-refractivity contribution in [1.82, 2.24) is 5.32 Å². The molecule has 2 N–H and O–H groups in total. The van der Waals surface area contributed by atoms with Crippen LogP contribution in [0.1, 0.15) is 28.8 Å². The normalized spacial score (nSPS) is 16.7. The van der Waals surface area contributed by atoms with Crippen LogP contribution < -0.4 is 10.6 Å². The maximum atomic E-state index is 12.9. The van der Waals surface area contributed by atoms with E-state index in [1.807, 2.05) is 0 Å². The maximum absolute atomic E-state index is 12.9. The van der Waals surface area contributed by atoms with Crippen LogP contribution in [0.4, 0.5) is 24.5 Å². The molecule has 1 amide bonds.